The molecule has 0 fully saturated rings. The van der Waals surface area contributed by atoms with Gasteiger partial charge in [0.15, 0.2) is 5.69 Å². The van der Waals surface area contributed by atoms with E-state index in [4.69, 9.17) is 9.47 Å². The van der Waals surface area contributed by atoms with Crippen molar-refractivity contribution in [3.8, 4) is 5.88 Å². The van der Waals surface area contributed by atoms with Crippen LogP contribution >= 0.6 is 0 Å². The van der Waals surface area contributed by atoms with Crippen LogP contribution in [0.1, 0.15) is 24.3 Å². The molecule has 1 rings (SSSR count). The summed E-state index contributed by atoms with van der Waals surface area (Å²) in [5.41, 5.74) is 0.190. The highest BCUT2D eigenvalue weighted by Crippen LogP contribution is 2.05. The monoisotopic (exact) mass is 196 g/mol. The fraction of sp³-hybridized carbons (Fsp3) is 0.444. The quantitative estimate of drug-likeness (QED) is 0.673. The zero-order valence-corrected chi connectivity index (χ0v) is 8.19. The first-order valence-electron chi connectivity index (χ1n) is 4.41. The van der Waals surface area contributed by atoms with Crippen LogP contribution in [-0.4, -0.2) is 29.4 Å². The Morgan fingerprint density at radius 1 is 1.29 bits per heavy atom. The minimum atomic E-state index is -0.469. The van der Waals surface area contributed by atoms with Crippen LogP contribution in [0.2, 0.25) is 0 Å². The molecule has 0 aliphatic carbocycles. The van der Waals surface area contributed by atoms with Gasteiger partial charge < -0.3 is 9.47 Å². The van der Waals surface area contributed by atoms with Gasteiger partial charge in [-0.2, -0.15) is 0 Å². The summed E-state index contributed by atoms with van der Waals surface area (Å²) >= 11 is 0. The molecular weight excluding hydrogens is 184 g/mol. The third kappa shape index (κ3) is 2.69. The number of nitrogens with zero attached hydrogens (tertiary/aromatic N) is 2. The van der Waals surface area contributed by atoms with Gasteiger partial charge in [-0.15, -0.1) is 10.2 Å². The second kappa shape index (κ2) is 5.16. The Morgan fingerprint density at radius 2 is 2.07 bits per heavy atom. The molecule has 1 heterocycles. The summed E-state index contributed by atoms with van der Waals surface area (Å²) < 4.78 is 9.82. The van der Waals surface area contributed by atoms with Gasteiger partial charge in [-0.05, 0) is 19.9 Å². The van der Waals surface area contributed by atoms with Gasteiger partial charge in [0.1, 0.15) is 0 Å². The van der Waals surface area contributed by atoms with E-state index in [2.05, 4.69) is 10.2 Å². The smallest absolute Gasteiger partial charge is 0.358 e. The number of rotatable bonds is 4. The maximum absolute atomic E-state index is 11.1. The van der Waals surface area contributed by atoms with Gasteiger partial charge in [0.25, 0.3) is 0 Å². The maximum Gasteiger partial charge on any atom is 0.358 e. The summed E-state index contributed by atoms with van der Waals surface area (Å²) in [6.07, 6.45) is 0. The Labute approximate surface area is 82.1 Å². The molecule has 1 aromatic rings. The van der Waals surface area contributed by atoms with E-state index >= 15 is 0 Å². The van der Waals surface area contributed by atoms with E-state index in [9.17, 15) is 4.79 Å². The molecule has 76 valence electrons. The average molecular weight is 196 g/mol. The summed E-state index contributed by atoms with van der Waals surface area (Å²) in [7, 11) is 0. The second-order valence-electron chi connectivity index (χ2n) is 2.41. The molecule has 1 aromatic heterocycles. The summed E-state index contributed by atoms with van der Waals surface area (Å²) in [6.45, 7) is 4.43. The van der Waals surface area contributed by atoms with E-state index in [1.165, 1.54) is 6.07 Å². The lowest BCUT2D eigenvalue weighted by atomic mass is 10.4. The van der Waals surface area contributed by atoms with Gasteiger partial charge in [0.05, 0.1) is 13.2 Å². The third-order valence-corrected chi connectivity index (χ3v) is 1.42. The van der Waals surface area contributed by atoms with E-state index in [-0.39, 0.29) is 5.69 Å². The Hall–Kier alpha value is -1.65. The largest absolute Gasteiger partial charge is 0.477 e. The SMILES string of the molecule is CCOC(=O)c1ccc(OCC)nn1. The van der Waals surface area contributed by atoms with E-state index < -0.39 is 5.97 Å². The predicted octanol–water partition coefficient (Wildman–Crippen LogP) is 1.05. The number of carbonyl (C=O) groups is 1. The van der Waals surface area contributed by atoms with Crippen molar-refractivity contribution in [2.45, 2.75) is 13.8 Å². The summed E-state index contributed by atoms with van der Waals surface area (Å²) in [5, 5.41) is 7.36. The Bertz CT molecular complexity index is 297. The van der Waals surface area contributed by atoms with Crippen LogP contribution in [-0.2, 0) is 4.74 Å². The van der Waals surface area contributed by atoms with Gasteiger partial charge in [-0.25, -0.2) is 4.79 Å². The van der Waals surface area contributed by atoms with Crippen LogP contribution in [0.3, 0.4) is 0 Å². The van der Waals surface area contributed by atoms with Crippen LogP contribution in [0.4, 0.5) is 0 Å². The van der Waals surface area contributed by atoms with E-state index in [0.717, 1.165) is 0 Å². The molecule has 0 radical (unpaired) electrons. The molecule has 0 unspecified atom stereocenters. The normalized spacial score (nSPS) is 9.57. The van der Waals surface area contributed by atoms with Crippen molar-refractivity contribution in [1.82, 2.24) is 10.2 Å². The van der Waals surface area contributed by atoms with Crippen LogP contribution in [0.5, 0.6) is 5.88 Å². The molecular formula is C9H12N2O3. The van der Waals surface area contributed by atoms with Crippen molar-refractivity contribution in [2.75, 3.05) is 13.2 Å². The number of hydrogen-bond acceptors (Lipinski definition) is 5. The van der Waals surface area contributed by atoms with Crippen molar-refractivity contribution in [3.05, 3.63) is 17.8 Å². The van der Waals surface area contributed by atoms with Crippen molar-refractivity contribution < 1.29 is 14.3 Å². The van der Waals surface area contributed by atoms with E-state index in [0.29, 0.717) is 19.1 Å². The lowest BCUT2D eigenvalue weighted by molar-refractivity contribution is 0.0518. The molecule has 0 saturated heterocycles. The molecule has 0 aromatic carbocycles. The zero-order chi connectivity index (χ0) is 10.4. The molecule has 0 spiro atoms. The van der Waals surface area contributed by atoms with Crippen molar-refractivity contribution >= 4 is 5.97 Å². The minimum Gasteiger partial charge on any atom is -0.477 e. The first kappa shape index (κ1) is 10.4. The molecule has 0 saturated carbocycles. The second-order valence-corrected chi connectivity index (χ2v) is 2.41. The Kier molecular flexibility index (Phi) is 3.84. The van der Waals surface area contributed by atoms with Crippen LogP contribution < -0.4 is 4.74 Å². The first-order valence-corrected chi connectivity index (χ1v) is 4.41. The number of esters is 1. The van der Waals surface area contributed by atoms with Gasteiger partial charge >= 0.3 is 5.97 Å². The predicted molar refractivity (Wildman–Crippen MR) is 49.2 cm³/mol. The van der Waals surface area contributed by atoms with Crippen molar-refractivity contribution in [3.63, 3.8) is 0 Å². The highest BCUT2D eigenvalue weighted by molar-refractivity contribution is 5.86. The average Bonchev–Trinajstić information content (AvgIpc) is 2.20. The highest BCUT2D eigenvalue weighted by atomic mass is 16.5. The third-order valence-electron chi connectivity index (χ3n) is 1.42. The molecule has 0 aliphatic rings. The topological polar surface area (TPSA) is 61.3 Å². The van der Waals surface area contributed by atoms with Gasteiger partial charge in [-0.1, -0.05) is 0 Å². The Morgan fingerprint density at radius 3 is 2.57 bits per heavy atom. The first-order chi connectivity index (χ1) is 6.77. The number of aromatic nitrogens is 2. The fourth-order valence-corrected chi connectivity index (χ4v) is 0.859. The molecule has 14 heavy (non-hydrogen) atoms. The van der Waals surface area contributed by atoms with E-state index in [1.807, 2.05) is 6.92 Å². The van der Waals surface area contributed by atoms with Crippen LogP contribution in [0.25, 0.3) is 0 Å². The van der Waals surface area contributed by atoms with Crippen LogP contribution in [0.15, 0.2) is 12.1 Å². The lowest BCUT2D eigenvalue weighted by Crippen LogP contribution is -2.08. The molecule has 0 N–H and O–H groups in total. The molecule has 0 atom stereocenters. The Balaban J connectivity index is 2.67. The molecule has 0 amide bonds. The van der Waals surface area contributed by atoms with Crippen molar-refractivity contribution in [2.24, 2.45) is 0 Å². The van der Waals surface area contributed by atoms with Crippen LogP contribution in [0, 0.1) is 0 Å². The standard InChI is InChI=1S/C9H12N2O3/c1-3-13-8-6-5-7(10-11-8)9(12)14-4-2/h5-6H,3-4H2,1-2H3. The van der Waals surface area contributed by atoms with Gasteiger partial charge in [0.2, 0.25) is 5.88 Å². The molecule has 5 nitrogen and oxygen atoms in total. The summed E-state index contributed by atoms with van der Waals surface area (Å²) in [6, 6.07) is 3.11. The number of hydrogen-bond donors (Lipinski definition) is 0. The number of carbonyl (C=O) groups excluding carboxylic acids is 1. The number of ether oxygens (including phenoxy) is 2. The maximum atomic E-state index is 11.1. The minimum absolute atomic E-state index is 0.190. The van der Waals surface area contributed by atoms with Crippen molar-refractivity contribution in [1.29, 1.82) is 0 Å². The molecule has 0 aliphatic heterocycles. The highest BCUT2D eigenvalue weighted by Gasteiger charge is 2.08. The van der Waals surface area contributed by atoms with Gasteiger partial charge in [0, 0.05) is 6.07 Å². The molecule has 5 heteroatoms. The molecule has 0 bridgehead atoms. The fourth-order valence-electron chi connectivity index (χ4n) is 0.859. The zero-order valence-electron chi connectivity index (χ0n) is 8.19. The summed E-state index contributed by atoms with van der Waals surface area (Å²) in [4.78, 5) is 11.1. The van der Waals surface area contributed by atoms with Gasteiger partial charge in [-0.3, -0.25) is 0 Å². The summed E-state index contributed by atoms with van der Waals surface area (Å²) in [5.74, 6) is -0.0661. The van der Waals surface area contributed by atoms with E-state index in [1.54, 1.807) is 13.0 Å². The lowest BCUT2D eigenvalue weighted by Gasteiger charge is -2.02.